The molecule has 2 aromatic carbocycles. The van der Waals surface area contributed by atoms with Gasteiger partial charge >= 0.3 is 5.97 Å². The topological polar surface area (TPSA) is 66.8 Å². The quantitative estimate of drug-likeness (QED) is 0.834. The summed E-state index contributed by atoms with van der Waals surface area (Å²) in [5.74, 6) is -0.859. The largest absolute Gasteiger partial charge is 0.467 e. The molecule has 0 heterocycles. The zero-order valence-corrected chi connectivity index (χ0v) is 11.1. The van der Waals surface area contributed by atoms with E-state index in [0.29, 0.717) is 5.56 Å². The number of ether oxygens (including phenoxy) is 1. The van der Waals surface area contributed by atoms with E-state index in [0.717, 1.165) is 11.1 Å². The van der Waals surface area contributed by atoms with Gasteiger partial charge in [0.1, 0.15) is 6.10 Å². The van der Waals surface area contributed by atoms with Gasteiger partial charge in [0.15, 0.2) is 6.10 Å². The predicted molar refractivity (Wildman–Crippen MR) is 74.9 cm³/mol. The van der Waals surface area contributed by atoms with E-state index in [4.69, 9.17) is 0 Å². The first-order valence-electron chi connectivity index (χ1n) is 6.23. The van der Waals surface area contributed by atoms with E-state index in [-0.39, 0.29) is 0 Å². The highest BCUT2D eigenvalue weighted by atomic mass is 16.5. The van der Waals surface area contributed by atoms with Crippen LogP contribution in [0.4, 0.5) is 0 Å². The Morgan fingerprint density at radius 3 is 2.30 bits per heavy atom. The lowest BCUT2D eigenvalue weighted by Gasteiger charge is -2.16. The van der Waals surface area contributed by atoms with E-state index in [1.54, 1.807) is 18.2 Å². The van der Waals surface area contributed by atoms with Gasteiger partial charge in [-0.3, -0.25) is 0 Å². The minimum absolute atomic E-state index is 0.462. The minimum Gasteiger partial charge on any atom is -0.467 e. The Morgan fingerprint density at radius 2 is 1.65 bits per heavy atom. The molecule has 2 N–H and O–H groups in total. The molecular formula is C16H16O4. The van der Waals surface area contributed by atoms with Crippen LogP contribution >= 0.6 is 0 Å². The van der Waals surface area contributed by atoms with Gasteiger partial charge in [-0.05, 0) is 22.8 Å². The van der Waals surface area contributed by atoms with Crippen molar-refractivity contribution in [1.82, 2.24) is 0 Å². The average Bonchev–Trinajstić information content (AvgIpc) is 2.53. The van der Waals surface area contributed by atoms with Gasteiger partial charge in [-0.25, -0.2) is 4.79 Å². The maximum atomic E-state index is 11.2. The second kappa shape index (κ2) is 6.32. The van der Waals surface area contributed by atoms with E-state index in [1.165, 1.54) is 7.11 Å². The number of benzene rings is 2. The summed E-state index contributed by atoms with van der Waals surface area (Å²) in [5.41, 5.74) is 2.36. The molecule has 4 heteroatoms. The van der Waals surface area contributed by atoms with Crippen LogP contribution in [-0.4, -0.2) is 29.4 Å². The highest BCUT2D eigenvalue weighted by molar-refractivity contribution is 5.75. The Hall–Kier alpha value is -2.17. The number of hydrogen-bond donors (Lipinski definition) is 2. The van der Waals surface area contributed by atoms with Crippen molar-refractivity contribution in [2.75, 3.05) is 7.11 Å². The SMILES string of the molecule is COC(=O)C(O)C(O)c1cccc(-c2ccccc2)c1. The van der Waals surface area contributed by atoms with Crippen LogP contribution in [-0.2, 0) is 9.53 Å². The molecule has 0 spiro atoms. The normalized spacial score (nSPS) is 13.6. The summed E-state index contributed by atoms with van der Waals surface area (Å²) >= 11 is 0. The fourth-order valence-corrected chi connectivity index (χ4v) is 1.96. The lowest BCUT2D eigenvalue weighted by atomic mass is 9.98. The molecule has 0 aliphatic carbocycles. The molecule has 104 valence electrons. The van der Waals surface area contributed by atoms with Gasteiger partial charge in [0.05, 0.1) is 7.11 Å². The van der Waals surface area contributed by atoms with Crippen LogP contribution in [0.5, 0.6) is 0 Å². The second-order valence-corrected chi connectivity index (χ2v) is 4.40. The molecule has 0 saturated heterocycles. The van der Waals surface area contributed by atoms with Gasteiger partial charge in [-0.15, -0.1) is 0 Å². The van der Waals surface area contributed by atoms with Gasteiger partial charge in [-0.1, -0.05) is 48.5 Å². The standard InChI is InChI=1S/C16H16O4/c1-20-16(19)15(18)14(17)13-9-5-8-12(10-13)11-6-3-2-4-7-11/h2-10,14-15,17-18H,1H3. The van der Waals surface area contributed by atoms with Crippen molar-refractivity contribution in [2.24, 2.45) is 0 Å². The third-order valence-corrected chi connectivity index (χ3v) is 3.08. The van der Waals surface area contributed by atoms with Crippen LogP contribution < -0.4 is 0 Å². The number of esters is 1. The molecule has 2 atom stereocenters. The van der Waals surface area contributed by atoms with E-state index >= 15 is 0 Å². The van der Waals surface area contributed by atoms with Gasteiger partial charge in [0, 0.05) is 0 Å². The van der Waals surface area contributed by atoms with Crippen molar-refractivity contribution in [1.29, 1.82) is 0 Å². The molecule has 0 bridgehead atoms. The molecule has 20 heavy (non-hydrogen) atoms. The summed E-state index contributed by atoms with van der Waals surface area (Å²) in [6.45, 7) is 0. The number of aliphatic hydroxyl groups is 2. The molecule has 0 aromatic heterocycles. The summed E-state index contributed by atoms with van der Waals surface area (Å²) in [6.07, 6.45) is -2.91. The molecule has 0 saturated carbocycles. The van der Waals surface area contributed by atoms with Crippen LogP contribution in [0.2, 0.25) is 0 Å². The van der Waals surface area contributed by atoms with Crippen LogP contribution in [0.15, 0.2) is 54.6 Å². The average molecular weight is 272 g/mol. The molecule has 0 aliphatic rings. The third-order valence-electron chi connectivity index (χ3n) is 3.08. The molecule has 2 aromatic rings. The maximum Gasteiger partial charge on any atom is 0.337 e. The molecule has 0 aliphatic heterocycles. The van der Waals surface area contributed by atoms with Gasteiger partial charge in [0.25, 0.3) is 0 Å². The maximum absolute atomic E-state index is 11.2. The Kier molecular flexibility index (Phi) is 4.50. The number of carbonyl (C=O) groups excluding carboxylic acids is 1. The number of methoxy groups -OCH3 is 1. The molecule has 4 nitrogen and oxygen atoms in total. The van der Waals surface area contributed by atoms with E-state index in [2.05, 4.69) is 4.74 Å². The highest BCUT2D eigenvalue weighted by Crippen LogP contribution is 2.24. The van der Waals surface area contributed by atoms with Crippen molar-refractivity contribution >= 4 is 5.97 Å². The molecule has 2 unspecified atom stereocenters. The third kappa shape index (κ3) is 3.04. The lowest BCUT2D eigenvalue weighted by molar-refractivity contribution is -0.156. The van der Waals surface area contributed by atoms with Crippen LogP contribution in [0, 0.1) is 0 Å². The van der Waals surface area contributed by atoms with Crippen LogP contribution in [0.3, 0.4) is 0 Å². The van der Waals surface area contributed by atoms with Crippen LogP contribution in [0.1, 0.15) is 11.7 Å². The van der Waals surface area contributed by atoms with E-state index in [9.17, 15) is 15.0 Å². The zero-order valence-electron chi connectivity index (χ0n) is 11.1. The monoisotopic (exact) mass is 272 g/mol. The van der Waals surface area contributed by atoms with Gasteiger partial charge in [0.2, 0.25) is 0 Å². The molecule has 0 amide bonds. The minimum atomic E-state index is -1.59. The summed E-state index contributed by atoms with van der Waals surface area (Å²) in [4.78, 5) is 11.2. The Balaban J connectivity index is 2.28. The first-order valence-corrected chi connectivity index (χ1v) is 6.23. The van der Waals surface area contributed by atoms with Crippen molar-refractivity contribution in [2.45, 2.75) is 12.2 Å². The molecule has 2 rings (SSSR count). The lowest BCUT2D eigenvalue weighted by Crippen LogP contribution is -2.29. The summed E-state index contributed by atoms with van der Waals surface area (Å²) in [6, 6.07) is 16.7. The Labute approximate surface area is 117 Å². The zero-order chi connectivity index (χ0) is 14.5. The first-order chi connectivity index (χ1) is 9.63. The number of hydrogen-bond acceptors (Lipinski definition) is 4. The van der Waals surface area contributed by atoms with Crippen molar-refractivity contribution in [3.8, 4) is 11.1 Å². The fraction of sp³-hybridized carbons (Fsp3) is 0.188. The Bertz CT molecular complexity index is 580. The van der Waals surface area contributed by atoms with Crippen LogP contribution in [0.25, 0.3) is 11.1 Å². The highest BCUT2D eigenvalue weighted by Gasteiger charge is 2.26. The van der Waals surface area contributed by atoms with Crippen molar-refractivity contribution in [3.63, 3.8) is 0 Å². The second-order valence-electron chi connectivity index (χ2n) is 4.40. The Morgan fingerprint density at radius 1 is 1.00 bits per heavy atom. The summed E-state index contributed by atoms with van der Waals surface area (Å²) in [7, 11) is 1.17. The first kappa shape index (κ1) is 14.2. The van der Waals surface area contributed by atoms with Crippen molar-refractivity contribution < 1.29 is 19.7 Å². The van der Waals surface area contributed by atoms with Gasteiger partial charge in [-0.2, -0.15) is 0 Å². The number of rotatable bonds is 4. The van der Waals surface area contributed by atoms with Crippen molar-refractivity contribution in [3.05, 3.63) is 60.2 Å². The fourth-order valence-electron chi connectivity index (χ4n) is 1.96. The van der Waals surface area contributed by atoms with E-state index < -0.39 is 18.2 Å². The number of aliphatic hydroxyl groups excluding tert-OH is 2. The predicted octanol–water partition coefficient (Wildman–Crippen LogP) is 1.92. The van der Waals surface area contributed by atoms with Gasteiger partial charge < -0.3 is 14.9 Å². The van der Waals surface area contributed by atoms with E-state index in [1.807, 2.05) is 36.4 Å². The smallest absolute Gasteiger partial charge is 0.337 e. The molecular weight excluding hydrogens is 256 g/mol. The molecule has 0 fully saturated rings. The number of carbonyl (C=O) groups is 1. The summed E-state index contributed by atoms with van der Waals surface area (Å²) < 4.78 is 4.42. The molecule has 0 radical (unpaired) electrons. The summed E-state index contributed by atoms with van der Waals surface area (Å²) in [5, 5.41) is 19.7.